The first-order valence-electron chi connectivity index (χ1n) is 5.69. The molecule has 0 bridgehead atoms. The van der Waals surface area contributed by atoms with Crippen molar-refractivity contribution in [1.29, 1.82) is 0 Å². The highest BCUT2D eigenvalue weighted by molar-refractivity contribution is 7.55. The maximum atomic E-state index is 10.6. The zero-order chi connectivity index (χ0) is 14.4. The summed E-state index contributed by atoms with van der Waals surface area (Å²) in [7, 11) is 1.84. The quantitative estimate of drug-likeness (QED) is 0.868. The standard InChI is InChI=1S/C13H11N3O2S2/c1-16(12-8-4-2-6-10(12)14-19-17)13-9-5-3-7-11(13)15-20-18/h2-9H,1H3. The Balaban J connectivity index is 2.54. The van der Waals surface area contributed by atoms with E-state index in [1.54, 1.807) is 12.1 Å². The van der Waals surface area contributed by atoms with E-state index in [1.807, 2.05) is 48.3 Å². The predicted molar refractivity (Wildman–Crippen MR) is 81.4 cm³/mol. The van der Waals surface area contributed by atoms with Crippen LogP contribution >= 0.6 is 0 Å². The Bertz CT molecular complexity index is 662. The van der Waals surface area contributed by atoms with Crippen LogP contribution in [0.3, 0.4) is 0 Å². The van der Waals surface area contributed by atoms with Gasteiger partial charge in [-0.2, -0.15) is 17.1 Å². The van der Waals surface area contributed by atoms with Crippen LogP contribution in [0.4, 0.5) is 22.7 Å². The first kappa shape index (κ1) is 14.3. The van der Waals surface area contributed by atoms with Crippen LogP contribution in [0.1, 0.15) is 0 Å². The van der Waals surface area contributed by atoms with E-state index in [0.717, 1.165) is 11.4 Å². The van der Waals surface area contributed by atoms with Crippen LogP contribution in [0, 0.1) is 0 Å². The van der Waals surface area contributed by atoms with E-state index in [0.29, 0.717) is 11.4 Å². The van der Waals surface area contributed by atoms with Crippen LogP contribution in [0.2, 0.25) is 0 Å². The highest BCUT2D eigenvalue weighted by Crippen LogP contribution is 2.37. The number of anilines is 2. The van der Waals surface area contributed by atoms with E-state index in [-0.39, 0.29) is 22.9 Å². The summed E-state index contributed by atoms with van der Waals surface area (Å²) in [4.78, 5) is 1.85. The molecule has 0 heterocycles. The number of nitrogens with zero attached hydrogens (tertiary/aromatic N) is 3. The van der Waals surface area contributed by atoms with Gasteiger partial charge in [-0.3, -0.25) is 0 Å². The molecule has 5 nitrogen and oxygen atoms in total. The number of hydrogen-bond acceptors (Lipinski definition) is 5. The van der Waals surface area contributed by atoms with Gasteiger partial charge in [-0.1, -0.05) is 24.3 Å². The van der Waals surface area contributed by atoms with Gasteiger partial charge in [0.05, 0.1) is 11.4 Å². The summed E-state index contributed by atoms with van der Waals surface area (Å²) in [5.41, 5.74) is 2.71. The average Bonchev–Trinajstić information content (AvgIpc) is 2.48. The van der Waals surface area contributed by atoms with E-state index in [2.05, 4.69) is 8.73 Å². The van der Waals surface area contributed by atoms with Gasteiger partial charge >= 0.3 is 0 Å². The average molecular weight is 305 g/mol. The molecule has 2 aromatic rings. The van der Waals surface area contributed by atoms with Crippen LogP contribution in [0.5, 0.6) is 0 Å². The van der Waals surface area contributed by atoms with Crippen molar-refractivity contribution in [3.05, 3.63) is 48.5 Å². The maximum Gasteiger partial charge on any atom is 0.205 e. The fourth-order valence-electron chi connectivity index (χ4n) is 1.86. The molecular formula is C13H11N3O2S2. The molecule has 0 radical (unpaired) electrons. The summed E-state index contributed by atoms with van der Waals surface area (Å²) < 4.78 is 29.0. The zero-order valence-electron chi connectivity index (χ0n) is 10.6. The van der Waals surface area contributed by atoms with Gasteiger partial charge in [-0.05, 0) is 24.3 Å². The largest absolute Gasteiger partial charge is 0.341 e. The van der Waals surface area contributed by atoms with E-state index < -0.39 is 0 Å². The smallest absolute Gasteiger partial charge is 0.205 e. The van der Waals surface area contributed by atoms with Gasteiger partial charge in [0.15, 0.2) is 0 Å². The van der Waals surface area contributed by atoms with E-state index in [1.165, 1.54) is 0 Å². The van der Waals surface area contributed by atoms with Gasteiger partial charge in [0.2, 0.25) is 22.9 Å². The van der Waals surface area contributed by atoms with Crippen molar-refractivity contribution in [3.8, 4) is 0 Å². The van der Waals surface area contributed by atoms with Crippen molar-refractivity contribution in [2.75, 3.05) is 11.9 Å². The third kappa shape index (κ3) is 3.06. The number of hydrogen-bond donors (Lipinski definition) is 0. The molecule has 2 rings (SSSR count). The van der Waals surface area contributed by atoms with Crippen molar-refractivity contribution in [3.63, 3.8) is 0 Å². The monoisotopic (exact) mass is 305 g/mol. The topological polar surface area (TPSA) is 62.1 Å². The zero-order valence-corrected chi connectivity index (χ0v) is 12.2. The fraction of sp³-hybridized carbons (Fsp3) is 0.0769. The summed E-state index contributed by atoms with van der Waals surface area (Å²) in [6.45, 7) is 0. The summed E-state index contributed by atoms with van der Waals surface area (Å²) in [6, 6.07) is 14.6. The van der Waals surface area contributed by atoms with Gasteiger partial charge in [0.25, 0.3) is 0 Å². The van der Waals surface area contributed by atoms with E-state index in [4.69, 9.17) is 0 Å². The third-order valence-corrected chi connectivity index (χ3v) is 3.30. The van der Waals surface area contributed by atoms with Crippen molar-refractivity contribution in [2.45, 2.75) is 0 Å². The minimum absolute atomic E-state index is 0.167. The first-order valence-corrected chi connectivity index (χ1v) is 7.09. The lowest BCUT2D eigenvalue weighted by atomic mass is 10.2. The minimum atomic E-state index is 0.167. The number of para-hydroxylation sites is 2. The second-order valence-corrected chi connectivity index (χ2v) is 4.53. The highest BCUT2D eigenvalue weighted by atomic mass is 32.1. The fourth-order valence-corrected chi connectivity index (χ4v) is 2.33. The highest BCUT2D eigenvalue weighted by Gasteiger charge is 2.11. The number of benzene rings is 2. The Morgan fingerprint density at radius 2 is 1.20 bits per heavy atom. The molecule has 0 amide bonds. The van der Waals surface area contributed by atoms with Gasteiger partial charge in [0.1, 0.15) is 11.4 Å². The Kier molecular flexibility index (Phi) is 4.91. The van der Waals surface area contributed by atoms with Crippen molar-refractivity contribution in [2.24, 2.45) is 8.73 Å². The Morgan fingerprint density at radius 3 is 1.60 bits per heavy atom. The second kappa shape index (κ2) is 6.88. The van der Waals surface area contributed by atoms with Crippen LogP contribution in [-0.4, -0.2) is 15.5 Å². The molecule has 0 saturated heterocycles. The molecule has 0 atom stereocenters. The SMILES string of the molecule is CN(c1ccccc1N=S=O)c1ccccc1N=S=O. The van der Waals surface area contributed by atoms with Crippen LogP contribution in [-0.2, 0) is 22.9 Å². The molecule has 0 aliphatic rings. The van der Waals surface area contributed by atoms with Crippen molar-refractivity contribution >= 4 is 45.7 Å². The summed E-state index contributed by atoms with van der Waals surface area (Å²) >= 11 is 0.333. The Morgan fingerprint density at radius 1 is 0.800 bits per heavy atom. The van der Waals surface area contributed by atoms with Gasteiger partial charge in [-0.25, -0.2) is 0 Å². The Hall–Kier alpha value is -2.12. The molecule has 102 valence electrons. The lowest BCUT2D eigenvalue weighted by Crippen LogP contribution is -2.09. The van der Waals surface area contributed by atoms with Crippen LogP contribution in [0.15, 0.2) is 57.3 Å². The lowest BCUT2D eigenvalue weighted by molar-refractivity contribution is 0.697. The van der Waals surface area contributed by atoms with Crippen molar-refractivity contribution in [1.82, 2.24) is 0 Å². The number of rotatable bonds is 4. The molecular weight excluding hydrogens is 294 g/mol. The van der Waals surface area contributed by atoms with Crippen LogP contribution in [0.25, 0.3) is 0 Å². The molecule has 0 N–H and O–H groups in total. The molecule has 0 aromatic heterocycles. The van der Waals surface area contributed by atoms with Crippen molar-refractivity contribution < 1.29 is 8.42 Å². The molecule has 20 heavy (non-hydrogen) atoms. The van der Waals surface area contributed by atoms with Gasteiger partial charge < -0.3 is 4.90 Å². The van der Waals surface area contributed by atoms with Crippen LogP contribution < -0.4 is 4.90 Å². The van der Waals surface area contributed by atoms with Gasteiger partial charge in [-0.15, -0.1) is 0 Å². The molecule has 0 fully saturated rings. The Labute approximate surface area is 123 Å². The molecule has 2 aromatic carbocycles. The molecule has 0 spiro atoms. The van der Waals surface area contributed by atoms with E-state index >= 15 is 0 Å². The van der Waals surface area contributed by atoms with Gasteiger partial charge in [0, 0.05) is 7.05 Å². The molecule has 0 unspecified atom stereocenters. The normalized spacial score (nSPS) is 9.65. The second-order valence-electron chi connectivity index (χ2n) is 3.87. The molecule has 0 aliphatic heterocycles. The molecule has 7 heteroatoms. The molecule has 0 aliphatic carbocycles. The molecule has 0 saturated carbocycles. The lowest BCUT2D eigenvalue weighted by Gasteiger charge is -2.21. The first-order chi connectivity index (χ1) is 9.77. The maximum absolute atomic E-state index is 10.6. The minimum Gasteiger partial charge on any atom is -0.341 e. The van der Waals surface area contributed by atoms with E-state index in [9.17, 15) is 8.42 Å². The predicted octanol–water partition coefficient (Wildman–Crippen LogP) is 3.51. The summed E-state index contributed by atoms with van der Waals surface area (Å²) in [5.74, 6) is 0. The summed E-state index contributed by atoms with van der Waals surface area (Å²) in [6.07, 6.45) is 0. The third-order valence-electron chi connectivity index (χ3n) is 2.76. The summed E-state index contributed by atoms with van der Waals surface area (Å²) in [5, 5.41) is 0.